The molecule has 0 aliphatic carbocycles. The molecule has 0 saturated heterocycles. The summed E-state index contributed by atoms with van der Waals surface area (Å²) in [6, 6.07) is 8.40. The molecule has 4 N–H and O–H groups in total. The van der Waals surface area contributed by atoms with Gasteiger partial charge in [0.05, 0.1) is 17.8 Å². The third kappa shape index (κ3) is 2.99. The van der Waals surface area contributed by atoms with E-state index in [9.17, 15) is 14.3 Å². The van der Waals surface area contributed by atoms with Crippen LogP contribution in [0.2, 0.25) is 0 Å². The molecule has 0 saturated carbocycles. The summed E-state index contributed by atoms with van der Waals surface area (Å²) in [5, 5.41) is 12.6. The van der Waals surface area contributed by atoms with Crippen molar-refractivity contribution in [3.63, 3.8) is 0 Å². The fraction of sp³-hybridized carbons (Fsp3) is 0.211. The number of halogens is 1. The van der Waals surface area contributed by atoms with Crippen LogP contribution in [0.15, 0.2) is 36.5 Å². The van der Waals surface area contributed by atoms with Gasteiger partial charge in [-0.2, -0.15) is 0 Å². The number of aromatic hydroxyl groups is 1. The van der Waals surface area contributed by atoms with E-state index in [1.165, 1.54) is 0 Å². The maximum Gasteiger partial charge on any atom is 0.253 e. The summed E-state index contributed by atoms with van der Waals surface area (Å²) in [5.41, 5.74) is 9.53. The molecule has 8 heteroatoms. The molecule has 27 heavy (non-hydrogen) atoms. The van der Waals surface area contributed by atoms with Gasteiger partial charge in [0.1, 0.15) is 18.1 Å². The summed E-state index contributed by atoms with van der Waals surface area (Å²) in [6.45, 7) is 0.0476. The number of carbonyl (C=O) groups is 1. The lowest BCUT2D eigenvalue weighted by Crippen LogP contribution is -2.32. The van der Waals surface area contributed by atoms with E-state index in [0.717, 1.165) is 5.69 Å². The Morgan fingerprint density at radius 3 is 2.93 bits per heavy atom. The van der Waals surface area contributed by atoms with E-state index >= 15 is 0 Å². The number of nitrogen functional groups attached to an aromatic ring is 1. The Morgan fingerprint density at radius 2 is 2.15 bits per heavy atom. The Hall–Kier alpha value is -3.42. The van der Waals surface area contributed by atoms with Crippen LogP contribution in [0.4, 0.5) is 10.3 Å². The number of aromatic nitrogens is 3. The monoisotopic (exact) mass is 367 g/mol. The zero-order valence-electron chi connectivity index (χ0n) is 14.4. The van der Waals surface area contributed by atoms with Crippen molar-refractivity contribution < 1.29 is 14.3 Å². The van der Waals surface area contributed by atoms with Crippen LogP contribution in [-0.2, 0) is 13.0 Å². The van der Waals surface area contributed by atoms with Gasteiger partial charge in [-0.15, -0.1) is 0 Å². The van der Waals surface area contributed by atoms with Crippen LogP contribution in [0, 0.1) is 0 Å². The van der Waals surface area contributed by atoms with Crippen molar-refractivity contribution in [1.82, 2.24) is 19.9 Å². The van der Waals surface area contributed by atoms with Gasteiger partial charge in [-0.1, -0.05) is 12.1 Å². The van der Waals surface area contributed by atoms with E-state index < -0.39 is 6.67 Å². The second-order valence-electron chi connectivity index (χ2n) is 6.28. The lowest BCUT2D eigenvalue weighted by Gasteiger charge is -2.17. The van der Waals surface area contributed by atoms with Gasteiger partial charge in [0.15, 0.2) is 0 Å². The fourth-order valence-electron chi connectivity index (χ4n) is 3.46. The molecule has 0 unspecified atom stereocenters. The Balaban J connectivity index is 1.96. The fourth-order valence-corrected chi connectivity index (χ4v) is 3.46. The third-order valence-corrected chi connectivity index (χ3v) is 4.62. The number of nitrogens with zero attached hydrogens (tertiary/aromatic N) is 3. The molecule has 3 heterocycles. The standard InChI is InChI=1S/C19H18FN5O2/c20-5-7-25-15-4-6-22-18(27)13(15)9-16(25)17-14(10-23-19(21)24-17)11-2-1-3-12(26)8-11/h1-3,8-10,26H,4-7H2,(H,22,27)(H2,21,23,24). The summed E-state index contributed by atoms with van der Waals surface area (Å²) in [5.74, 6) is -0.00606. The highest BCUT2D eigenvalue weighted by Gasteiger charge is 2.26. The van der Waals surface area contributed by atoms with Crippen LogP contribution in [0.3, 0.4) is 0 Å². The zero-order valence-corrected chi connectivity index (χ0v) is 14.4. The maximum atomic E-state index is 13.3. The molecule has 0 spiro atoms. The first-order valence-electron chi connectivity index (χ1n) is 8.57. The normalized spacial score (nSPS) is 13.3. The molecule has 1 aliphatic rings. The lowest BCUT2D eigenvalue weighted by atomic mass is 10.0. The molecule has 0 radical (unpaired) electrons. The van der Waals surface area contributed by atoms with E-state index in [0.29, 0.717) is 41.0 Å². The topological polar surface area (TPSA) is 106 Å². The van der Waals surface area contributed by atoms with Crippen LogP contribution in [-0.4, -0.2) is 38.8 Å². The lowest BCUT2D eigenvalue weighted by molar-refractivity contribution is 0.0945. The molecular formula is C19H18FN5O2. The van der Waals surface area contributed by atoms with E-state index in [4.69, 9.17) is 5.73 Å². The van der Waals surface area contributed by atoms with Gasteiger partial charge in [0.2, 0.25) is 5.95 Å². The predicted molar refractivity (Wildman–Crippen MR) is 99.0 cm³/mol. The first kappa shape index (κ1) is 17.0. The van der Waals surface area contributed by atoms with Crippen molar-refractivity contribution in [2.24, 2.45) is 0 Å². The second-order valence-corrected chi connectivity index (χ2v) is 6.28. The van der Waals surface area contributed by atoms with Gasteiger partial charge in [0, 0.05) is 30.4 Å². The summed E-state index contributed by atoms with van der Waals surface area (Å²) < 4.78 is 15.0. The maximum absolute atomic E-state index is 13.3. The second kappa shape index (κ2) is 6.71. The number of fused-ring (bicyclic) bond motifs is 1. The zero-order chi connectivity index (χ0) is 19.0. The average molecular weight is 367 g/mol. The van der Waals surface area contributed by atoms with Gasteiger partial charge in [-0.3, -0.25) is 4.79 Å². The molecule has 0 bridgehead atoms. The molecule has 1 amide bonds. The molecule has 1 aromatic carbocycles. The molecule has 0 atom stereocenters. The average Bonchev–Trinajstić information content (AvgIpc) is 3.02. The number of nitrogens with two attached hydrogens (primary N) is 1. The molecule has 138 valence electrons. The Morgan fingerprint density at radius 1 is 1.30 bits per heavy atom. The number of phenolic OH excluding ortho intramolecular Hbond substituents is 1. The largest absolute Gasteiger partial charge is 0.508 e. The van der Waals surface area contributed by atoms with Crippen LogP contribution in [0.25, 0.3) is 22.5 Å². The summed E-state index contributed by atoms with van der Waals surface area (Å²) in [4.78, 5) is 20.7. The van der Waals surface area contributed by atoms with Gasteiger partial charge >= 0.3 is 0 Å². The number of phenols is 1. The number of alkyl halides is 1. The number of hydrogen-bond donors (Lipinski definition) is 3. The number of nitrogens with one attached hydrogen (secondary N) is 1. The van der Waals surface area contributed by atoms with E-state index in [1.54, 1.807) is 35.0 Å². The predicted octanol–water partition coefficient (Wildman–Crippen LogP) is 2.16. The van der Waals surface area contributed by atoms with Crippen LogP contribution in [0.5, 0.6) is 5.75 Å². The Labute approximate surface area is 154 Å². The van der Waals surface area contributed by atoms with Crippen LogP contribution < -0.4 is 11.1 Å². The first-order valence-corrected chi connectivity index (χ1v) is 8.57. The first-order chi connectivity index (χ1) is 13.1. The molecular weight excluding hydrogens is 349 g/mol. The molecule has 1 aliphatic heterocycles. The summed E-state index contributed by atoms with van der Waals surface area (Å²) in [7, 11) is 0. The molecule has 4 rings (SSSR count). The smallest absolute Gasteiger partial charge is 0.253 e. The number of amides is 1. The highest BCUT2D eigenvalue weighted by atomic mass is 19.1. The Bertz CT molecular complexity index is 1030. The van der Waals surface area contributed by atoms with Gasteiger partial charge in [-0.25, -0.2) is 14.4 Å². The third-order valence-electron chi connectivity index (χ3n) is 4.62. The minimum atomic E-state index is -0.572. The summed E-state index contributed by atoms with van der Waals surface area (Å²) >= 11 is 0. The number of hydrogen-bond acceptors (Lipinski definition) is 5. The quantitative estimate of drug-likeness (QED) is 0.655. The number of carbonyl (C=O) groups excluding carboxylic acids is 1. The number of rotatable bonds is 4. The van der Waals surface area contributed by atoms with Crippen molar-refractivity contribution in [1.29, 1.82) is 0 Å². The molecule has 2 aromatic heterocycles. The highest BCUT2D eigenvalue weighted by molar-refractivity contribution is 5.98. The minimum Gasteiger partial charge on any atom is -0.508 e. The highest BCUT2D eigenvalue weighted by Crippen LogP contribution is 2.35. The van der Waals surface area contributed by atoms with Crippen molar-refractivity contribution >= 4 is 11.9 Å². The number of benzene rings is 1. The van der Waals surface area contributed by atoms with E-state index in [2.05, 4.69) is 15.3 Å². The Kier molecular flexibility index (Phi) is 4.23. The van der Waals surface area contributed by atoms with Gasteiger partial charge in [-0.05, 0) is 23.8 Å². The molecule has 0 fully saturated rings. The van der Waals surface area contributed by atoms with Gasteiger partial charge < -0.3 is 20.7 Å². The van der Waals surface area contributed by atoms with E-state index in [-0.39, 0.29) is 24.1 Å². The molecule has 3 aromatic rings. The minimum absolute atomic E-state index is 0.0734. The van der Waals surface area contributed by atoms with Gasteiger partial charge in [0.25, 0.3) is 5.91 Å². The van der Waals surface area contributed by atoms with Crippen LogP contribution in [0.1, 0.15) is 16.1 Å². The summed E-state index contributed by atoms with van der Waals surface area (Å²) in [6.07, 6.45) is 2.18. The van der Waals surface area contributed by atoms with Crippen molar-refractivity contribution in [3.05, 3.63) is 47.8 Å². The number of anilines is 1. The van der Waals surface area contributed by atoms with Crippen molar-refractivity contribution in [2.45, 2.75) is 13.0 Å². The van der Waals surface area contributed by atoms with Crippen molar-refractivity contribution in [3.8, 4) is 28.3 Å². The SMILES string of the molecule is Nc1ncc(-c2cccc(O)c2)c(-c2cc3c(n2CCF)CCNC3=O)n1. The van der Waals surface area contributed by atoms with E-state index in [1.807, 2.05) is 6.07 Å². The van der Waals surface area contributed by atoms with Crippen molar-refractivity contribution in [2.75, 3.05) is 19.0 Å². The van der Waals surface area contributed by atoms with Crippen LogP contribution >= 0.6 is 0 Å². The molecule has 7 nitrogen and oxygen atoms in total.